The van der Waals surface area contributed by atoms with Crippen molar-refractivity contribution in [3.8, 4) is 0 Å². The first-order valence-corrected chi connectivity index (χ1v) is 8.68. The summed E-state index contributed by atoms with van der Waals surface area (Å²) in [6, 6.07) is 10.7. The number of nitrogens with zero attached hydrogens (tertiary/aromatic N) is 2. The number of allylic oxidation sites excluding steroid dienone is 2. The molecular weight excluding hydrogens is 284 g/mol. The molecule has 2 aliphatic rings. The molecule has 1 aromatic carbocycles. The van der Waals surface area contributed by atoms with Crippen molar-refractivity contribution in [2.45, 2.75) is 33.2 Å². The monoisotopic (exact) mass is 313 g/mol. The highest BCUT2D eigenvalue weighted by atomic mass is 16.5. The van der Waals surface area contributed by atoms with E-state index in [1.807, 2.05) is 0 Å². The van der Waals surface area contributed by atoms with Crippen LogP contribution in [0.3, 0.4) is 0 Å². The van der Waals surface area contributed by atoms with Gasteiger partial charge in [0.15, 0.2) is 18.8 Å². The Morgan fingerprint density at radius 1 is 1.09 bits per heavy atom. The first-order valence-electron chi connectivity index (χ1n) is 8.68. The van der Waals surface area contributed by atoms with Gasteiger partial charge in [-0.1, -0.05) is 44.2 Å². The van der Waals surface area contributed by atoms with Crippen LogP contribution >= 0.6 is 0 Å². The molecule has 1 saturated heterocycles. The maximum Gasteiger partial charge on any atom is 0.178 e. The molecule has 3 nitrogen and oxygen atoms in total. The van der Waals surface area contributed by atoms with E-state index in [0.717, 1.165) is 45.7 Å². The van der Waals surface area contributed by atoms with Crippen molar-refractivity contribution in [3.05, 3.63) is 47.7 Å². The normalized spacial score (nSPS) is 21.1. The van der Waals surface area contributed by atoms with E-state index in [0.29, 0.717) is 5.41 Å². The van der Waals surface area contributed by atoms with E-state index < -0.39 is 0 Å². The number of hydrogen-bond donors (Lipinski definition) is 0. The van der Waals surface area contributed by atoms with Crippen molar-refractivity contribution < 1.29 is 9.31 Å². The molecule has 1 aliphatic carbocycles. The van der Waals surface area contributed by atoms with Crippen LogP contribution in [0, 0.1) is 5.41 Å². The molecule has 1 fully saturated rings. The Morgan fingerprint density at radius 3 is 2.48 bits per heavy atom. The summed E-state index contributed by atoms with van der Waals surface area (Å²) in [7, 11) is 2.22. The fourth-order valence-corrected chi connectivity index (χ4v) is 3.60. The highest BCUT2D eigenvalue weighted by Crippen LogP contribution is 2.35. The summed E-state index contributed by atoms with van der Waals surface area (Å²) in [6.07, 6.45) is 4.74. The van der Waals surface area contributed by atoms with Gasteiger partial charge in [-0.15, -0.1) is 0 Å². The predicted octanol–water partition coefficient (Wildman–Crippen LogP) is 3.31. The Balaban J connectivity index is 1.82. The molecule has 0 bridgehead atoms. The van der Waals surface area contributed by atoms with Crippen molar-refractivity contribution >= 4 is 5.71 Å². The standard InChI is InChI=1S/C20H29N2O/c1-20(2)14-18(21(3)16-17-7-5-4-6-8-17)13-19(15-20)22-9-11-23-12-10-22/h4-8,13H,9-12,14-16H2,1-3H3/q+1. The lowest BCUT2D eigenvalue weighted by Crippen LogP contribution is -2.37. The minimum absolute atomic E-state index is 0.322. The second-order valence-electron chi connectivity index (χ2n) is 7.59. The molecule has 1 heterocycles. The van der Waals surface area contributed by atoms with Crippen LogP contribution in [-0.2, 0) is 11.3 Å². The Kier molecular flexibility index (Phi) is 4.86. The van der Waals surface area contributed by atoms with Crippen LogP contribution in [0.4, 0.5) is 0 Å². The minimum atomic E-state index is 0.322. The van der Waals surface area contributed by atoms with E-state index in [9.17, 15) is 0 Å². The maximum absolute atomic E-state index is 5.51. The molecule has 23 heavy (non-hydrogen) atoms. The van der Waals surface area contributed by atoms with Crippen molar-refractivity contribution in [1.82, 2.24) is 4.90 Å². The lowest BCUT2D eigenvalue weighted by molar-refractivity contribution is -0.550. The van der Waals surface area contributed by atoms with E-state index in [1.54, 1.807) is 0 Å². The van der Waals surface area contributed by atoms with Crippen LogP contribution in [0.15, 0.2) is 42.1 Å². The lowest BCUT2D eigenvalue weighted by atomic mass is 9.78. The third-order valence-electron chi connectivity index (χ3n) is 4.82. The SMILES string of the molecule is CN(Cc1ccccc1)C1=CC(=[N+]2CCOCC2)CC(C)(C)C1. The van der Waals surface area contributed by atoms with Crippen LogP contribution in [0.1, 0.15) is 32.3 Å². The quantitative estimate of drug-likeness (QED) is 0.796. The van der Waals surface area contributed by atoms with Gasteiger partial charge in [-0.2, -0.15) is 0 Å². The average molecular weight is 313 g/mol. The van der Waals surface area contributed by atoms with E-state index in [1.165, 1.54) is 17.0 Å². The van der Waals surface area contributed by atoms with Gasteiger partial charge in [0.1, 0.15) is 13.2 Å². The summed E-state index contributed by atoms with van der Waals surface area (Å²) < 4.78 is 8.02. The Labute approximate surface area is 140 Å². The van der Waals surface area contributed by atoms with Crippen molar-refractivity contribution in [2.75, 3.05) is 33.4 Å². The Morgan fingerprint density at radius 2 is 1.78 bits per heavy atom. The van der Waals surface area contributed by atoms with Crippen LogP contribution in [0.2, 0.25) is 0 Å². The molecule has 0 spiro atoms. The molecule has 0 saturated carbocycles. The van der Waals surface area contributed by atoms with Gasteiger partial charge in [0.25, 0.3) is 0 Å². The summed E-state index contributed by atoms with van der Waals surface area (Å²) in [5, 5.41) is 0. The number of ether oxygens (including phenoxy) is 1. The van der Waals surface area contributed by atoms with Gasteiger partial charge in [0, 0.05) is 31.8 Å². The zero-order chi connectivity index (χ0) is 16.3. The summed E-state index contributed by atoms with van der Waals surface area (Å²) in [4.78, 5) is 2.41. The predicted molar refractivity (Wildman–Crippen MR) is 94.8 cm³/mol. The fourth-order valence-electron chi connectivity index (χ4n) is 3.60. The Bertz CT molecular complexity index is 593. The van der Waals surface area contributed by atoms with E-state index in [4.69, 9.17) is 4.74 Å². The second-order valence-corrected chi connectivity index (χ2v) is 7.59. The molecule has 0 aromatic heterocycles. The molecule has 0 N–H and O–H groups in total. The number of benzene rings is 1. The fraction of sp³-hybridized carbons (Fsp3) is 0.550. The highest BCUT2D eigenvalue weighted by molar-refractivity contribution is 5.92. The maximum atomic E-state index is 5.51. The van der Waals surface area contributed by atoms with Crippen molar-refractivity contribution in [3.63, 3.8) is 0 Å². The summed E-state index contributed by atoms with van der Waals surface area (Å²) >= 11 is 0. The molecule has 3 rings (SSSR count). The molecule has 0 amide bonds. The molecule has 1 aliphatic heterocycles. The second kappa shape index (κ2) is 6.88. The van der Waals surface area contributed by atoms with Gasteiger partial charge in [-0.05, 0) is 17.4 Å². The van der Waals surface area contributed by atoms with Crippen LogP contribution < -0.4 is 0 Å². The molecule has 0 atom stereocenters. The van der Waals surface area contributed by atoms with Gasteiger partial charge in [0.05, 0.1) is 0 Å². The van der Waals surface area contributed by atoms with Gasteiger partial charge >= 0.3 is 0 Å². The molecule has 0 radical (unpaired) electrons. The molecule has 0 unspecified atom stereocenters. The molecule has 124 valence electrons. The zero-order valence-electron chi connectivity index (χ0n) is 14.7. The first kappa shape index (κ1) is 16.3. The van der Waals surface area contributed by atoms with Crippen LogP contribution in [0.25, 0.3) is 0 Å². The summed E-state index contributed by atoms with van der Waals surface area (Å²) in [5.74, 6) is 0. The number of morpholine rings is 1. The Hall–Kier alpha value is -1.61. The van der Waals surface area contributed by atoms with Crippen LogP contribution in [-0.4, -0.2) is 48.5 Å². The highest BCUT2D eigenvalue weighted by Gasteiger charge is 2.32. The third kappa shape index (κ3) is 4.23. The van der Waals surface area contributed by atoms with Crippen molar-refractivity contribution in [2.24, 2.45) is 5.41 Å². The minimum Gasteiger partial charge on any atom is -0.373 e. The lowest BCUT2D eigenvalue weighted by Gasteiger charge is -2.34. The first-order chi connectivity index (χ1) is 11.0. The van der Waals surface area contributed by atoms with Gasteiger partial charge in [-0.25, -0.2) is 4.58 Å². The smallest absolute Gasteiger partial charge is 0.178 e. The topological polar surface area (TPSA) is 15.5 Å². The van der Waals surface area contributed by atoms with Gasteiger partial charge < -0.3 is 9.64 Å². The largest absolute Gasteiger partial charge is 0.373 e. The molecular formula is C20H29N2O+. The van der Waals surface area contributed by atoms with Gasteiger partial charge in [0.2, 0.25) is 0 Å². The van der Waals surface area contributed by atoms with Crippen molar-refractivity contribution in [1.29, 1.82) is 0 Å². The number of hydrogen-bond acceptors (Lipinski definition) is 2. The third-order valence-corrected chi connectivity index (χ3v) is 4.82. The van der Waals surface area contributed by atoms with Gasteiger partial charge in [-0.3, -0.25) is 0 Å². The van der Waals surface area contributed by atoms with E-state index in [2.05, 4.69) is 66.8 Å². The molecule has 1 aromatic rings. The average Bonchev–Trinajstić information content (AvgIpc) is 2.55. The van der Waals surface area contributed by atoms with Crippen LogP contribution in [0.5, 0.6) is 0 Å². The summed E-state index contributed by atoms with van der Waals surface area (Å²) in [5.41, 5.74) is 4.63. The summed E-state index contributed by atoms with van der Waals surface area (Å²) in [6.45, 7) is 9.50. The van der Waals surface area contributed by atoms with E-state index in [-0.39, 0.29) is 0 Å². The van der Waals surface area contributed by atoms with E-state index >= 15 is 0 Å². The zero-order valence-corrected chi connectivity index (χ0v) is 14.7. The number of rotatable bonds is 3. The molecule has 3 heteroatoms.